The van der Waals surface area contributed by atoms with Gasteiger partial charge in [-0.05, 0) is 70.4 Å². The van der Waals surface area contributed by atoms with Crippen molar-refractivity contribution in [1.29, 1.82) is 0 Å². The second-order valence-electron chi connectivity index (χ2n) is 9.63. The minimum atomic E-state index is -0.262. The zero-order valence-electron chi connectivity index (χ0n) is 18.2. The van der Waals surface area contributed by atoms with Crippen molar-refractivity contribution in [1.82, 2.24) is 5.32 Å². The van der Waals surface area contributed by atoms with Crippen molar-refractivity contribution < 1.29 is 9.53 Å². The Bertz CT molecular complexity index is 401. The van der Waals surface area contributed by atoms with Gasteiger partial charge in [-0.3, -0.25) is 4.79 Å². The number of rotatable bonds is 5. The molecule has 0 bridgehead atoms. The summed E-state index contributed by atoms with van der Waals surface area (Å²) in [5, 5.41) is 3.84. The SMILES string of the molecule is COC(=O)C1(C)CCCCCC(CNCC2CCCCCCCC2)CCC1. The van der Waals surface area contributed by atoms with Crippen LogP contribution in [0, 0.1) is 17.3 Å². The van der Waals surface area contributed by atoms with Gasteiger partial charge in [0.15, 0.2) is 0 Å². The molecule has 3 nitrogen and oxygen atoms in total. The Morgan fingerprint density at radius 1 is 0.778 bits per heavy atom. The van der Waals surface area contributed by atoms with E-state index in [2.05, 4.69) is 12.2 Å². The molecule has 2 atom stereocenters. The predicted molar refractivity (Wildman–Crippen MR) is 114 cm³/mol. The molecule has 0 aromatic carbocycles. The summed E-state index contributed by atoms with van der Waals surface area (Å²) >= 11 is 0. The number of nitrogens with one attached hydrogen (secondary N) is 1. The minimum Gasteiger partial charge on any atom is -0.469 e. The van der Waals surface area contributed by atoms with Crippen LogP contribution >= 0.6 is 0 Å². The standard InChI is InChI=1S/C24H45NO2/c1-24(23(26)27-2)17-11-7-10-15-22(16-12-18-24)20-25-19-21-13-8-5-3-4-6-9-14-21/h21-22,25H,3-20H2,1-2H3. The van der Waals surface area contributed by atoms with Crippen LogP contribution in [0.3, 0.4) is 0 Å². The zero-order valence-corrected chi connectivity index (χ0v) is 18.2. The van der Waals surface area contributed by atoms with Gasteiger partial charge in [-0.1, -0.05) is 64.2 Å². The molecule has 0 aromatic heterocycles. The van der Waals surface area contributed by atoms with Crippen LogP contribution in [0.4, 0.5) is 0 Å². The van der Waals surface area contributed by atoms with E-state index in [0.717, 1.165) is 37.5 Å². The maximum Gasteiger partial charge on any atom is 0.311 e. The van der Waals surface area contributed by atoms with Crippen LogP contribution in [0.5, 0.6) is 0 Å². The average Bonchev–Trinajstić information content (AvgIpc) is 2.80. The number of ether oxygens (including phenoxy) is 1. The summed E-state index contributed by atoms with van der Waals surface area (Å²) in [5.74, 6) is 1.67. The maximum absolute atomic E-state index is 12.2. The number of hydrogen-bond acceptors (Lipinski definition) is 3. The van der Waals surface area contributed by atoms with Gasteiger partial charge >= 0.3 is 5.97 Å². The number of hydrogen-bond donors (Lipinski definition) is 1. The number of esters is 1. The highest BCUT2D eigenvalue weighted by atomic mass is 16.5. The highest BCUT2D eigenvalue weighted by Gasteiger charge is 2.33. The van der Waals surface area contributed by atoms with E-state index in [9.17, 15) is 4.79 Å². The monoisotopic (exact) mass is 379 g/mol. The predicted octanol–water partition coefficient (Wildman–Crippen LogP) is 6.26. The van der Waals surface area contributed by atoms with E-state index in [0.29, 0.717) is 0 Å². The largest absolute Gasteiger partial charge is 0.469 e. The molecule has 0 heterocycles. The van der Waals surface area contributed by atoms with Crippen molar-refractivity contribution in [2.75, 3.05) is 20.2 Å². The summed E-state index contributed by atoms with van der Waals surface area (Å²) in [6, 6.07) is 0. The van der Waals surface area contributed by atoms with Crippen LogP contribution in [0.15, 0.2) is 0 Å². The van der Waals surface area contributed by atoms with Crippen molar-refractivity contribution in [3.05, 3.63) is 0 Å². The van der Waals surface area contributed by atoms with E-state index in [1.165, 1.54) is 97.2 Å². The third-order valence-corrected chi connectivity index (χ3v) is 7.20. The number of carbonyl (C=O) groups excluding carboxylic acids is 1. The maximum atomic E-state index is 12.2. The molecule has 2 rings (SSSR count). The number of methoxy groups -OCH3 is 1. The van der Waals surface area contributed by atoms with E-state index in [1.54, 1.807) is 0 Å². The quantitative estimate of drug-likeness (QED) is 0.573. The number of carbonyl (C=O) groups is 1. The van der Waals surface area contributed by atoms with Crippen LogP contribution in [-0.4, -0.2) is 26.2 Å². The topological polar surface area (TPSA) is 38.3 Å². The Morgan fingerprint density at radius 2 is 1.22 bits per heavy atom. The molecular formula is C24H45NO2. The van der Waals surface area contributed by atoms with E-state index in [-0.39, 0.29) is 11.4 Å². The van der Waals surface area contributed by atoms with Crippen molar-refractivity contribution >= 4 is 5.97 Å². The van der Waals surface area contributed by atoms with E-state index in [4.69, 9.17) is 4.74 Å². The Balaban J connectivity index is 1.74. The summed E-state index contributed by atoms with van der Waals surface area (Å²) in [5.41, 5.74) is -0.262. The smallest absolute Gasteiger partial charge is 0.311 e. The van der Waals surface area contributed by atoms with Gasteiger partial charge in [0.25, 0.3) is 0 Å². The molecule has 0 aromatic rings. The minimum absolute atomic E-state index is 0.00190. The first kappa shape index (κ1) is 22.7. The third kappa shape index (κ3) is 8.54. The molecule has 27 heavy (non-hydrogen) atoms. The highest BCUT2D eigenvalue weighted by molar-refractivity contribution is 5.76. The summed E-state index contributed by atoms with van der Waals surface area (Å²) in [6.45, 7) is 4.51. The first-order valence-corrected chi connectivity index (χ1v) is 11.9. The van der Waals surface area contributed by atoms with Crippen LogP contribution in [0.2, 0.25) is 0 Å². The lowest BCUT2D eigenvalue weighted by molar-refractivity contribution is -0.152. The van der Waals surface area contributed by atoms with Gasteiger partial charge in [-0.15, -0.1) is 0 Å². The first-order valence-electron chi connectivity index (χ1n) is 11.9. The van der Waals surface area contributed by atoms with Gasteiger partial charge in [0.1, 0.15) is 0 Å². The van der Waals surface area contributed by atoms with Gasteiger partial charge in [-0.2, -0.15) is 0 Å². The molecule has 0 aliphatic heterocycles. The molecule has 0 amide bonds. The van der Waals surface area contributed by atoms with Gasteiger partial charge in [-0.25, -0.2) is 0 Å². The van der Waals surface area contributed by atoms with Crippen molar-refractivity contribution in [3.63, 3.8) is 0 Å². The van der Waals surface area contributed by atoms with Gasteiger partial charge in [0.05, 0.1) is 12.5 Å². The first-order chi connectivity index (χ1) is 13.1. The zero-order chi connectivity index (χ0) is 19.4. The second-order valence-corrected chi connectivity index (χ2v) is 9.63. The third-order valence-electron chi connectivity index (χ3n) is 7.20. The normalized spacial score (nSPS) is 29.9. The van der Waals surface area contributed by atoms with Crippen molar-refractivity contribution in [2.24, 2.45) is 17.3 Å². The molecule has 3 heteroatoms. The van der Waals surface area contributed by atoms with Crippen LogP contribution in [0.1, 0.15) is 110 Å². The van der Waals surface area contributed by atoms with Crippen LogP contribution < -0.4 is 5.32 Å². The Kier molecular flexibility index (Phi) is 10.8. The molecular weight excluding hydrogens is 334 g/mol. The summed E-state index contributed by atoms with van der Waals surface area (Å²) in [7, 11) is 1.54. The molecule has 158 valence electrons. The van der Waals surface area contributed by atoms with Crippen LogP contribution in [0.25, 0.3) is 0 Å². The highest BCUT2D eigenvalue weighted by Crippen LogP contribution is 2.35. The second kappa shape index (κ2) is 12.8. The van der Waals surface area contributed by atoms with Crippen LogP contribution in [-0.2, 0) is 9.53 Å². The van der Waals surface area contributed by atoms with Gasteiger partial charge in [0, 0.05) is 0 Å². The molecule has 2 saturated carbocycles. The van der Waals surface area contributed by atoms with E-state index >= 15 is 0 Å². The van der Waals surface area contributed by atoms with Crippen molar-refractivity contribution in [2.45, 2.75) is 110 Å². The lowest BCUT2D eigenvalue weighted by Crippen LogP contribution is -2.31. The summed E-state index contributed by atoms with van der Waals surface area (Å²) in [6.07, 6.45) is 21.0. The molecule has 2 fully saturated rings. The molecule has 0 spiro atoms. The average molecular weight is 380 g/mol. The van der Waals surface area contributed by atoms with E-state index < -0.39 is 0 Å². The molecule has 0 saturated heterocycles. The summed E-state index contributed by atoms with van der Waals surface area (Å²) < 4.78 is 5.10. The van der Waals surface area contributed by atoms with Gasteiger partial charge in [0.2, 0.25) is 0 Å². The summed E-state index contributed by atoms with van der Waals surface area (Å²) in [4.78, 5) is 12.2. The molecule has 2 unspecified atom stereocenters. The Labute approximate surface area is 168 Å². The Hall–Kier alpha value is -0.570. The molecule has 2 aliphatic rings. The molecule has 2 aliphatic carbocycles. The Morgan fingerprint density at radius 3 is 1.78 bits per heavy atom. The van der Waals surface area contributed by atoms with Gasteiger partial charge < -0.3 is 10.1 Å². The van der Waals surface area contributed by atoms with E-state index in [1.807, 2.05) is 0 Å². The fourth-order valence-electron chi connectivity index (χ4n) is 5.24. The fourth-order valence-corrected chi connectivity index (χ4v) is 5.24. The lowest BCUT2D eigenvalue weighted by Gasteiger charge is -2.29. The molecule has 1 N–H and O–H groups in total. The molecule has 0 radical (unpaired) electrons. The lowest BCUT2D eigenvalue weighted by atomic mass is 9.77. The fraction of sp³-hybridized carbons (Fsp3) is 0.958. The van der Waals surface area contributed by atoms with Crippen molar-refractivity contribution in [3.8, 4) is 0 Å².